The standard InChI is InChI=1S/C19H28ClN7.HI/c1-4-21-19(22-12-18-25-24-14(2)26(18)3)23-15-8-7-11-27(13-15)17-10-6-5-9-16(17)20;/h5-6,9-10,15H,4,7-8,11-13H2,1-3H3,(H2,21,22,23);1H. The lowest BCUT2D eigenvalue weighted by Gasteiger charge is -2.35. The van der Waals surface area contributed by atoms with Gasteiger partial charge in [-0.3, -0.25) is 0 Å². The minimum absolute atomic E-state index is 0. The molecule has 1 saturated heterocycles. The Labute approximate surface area is 189 Å². The summed E-state index contributed by atoms with van der Waals surface area (Å²) in [5.41, 5.74) is 1.10. The van der Waals surface area contributed by atoms with Gasteiger partial charge in [0.15, 0.2) is 11.8 Å². The van der Waals surface area contributed by atoms with E-state index >= 15 is 0 Å². The Kier molecular flexibility index (Phi) is 8.81. The topological polar surface area (TPSA) is 70.4 Å². The maximum Gasteiger partial charge on any atom is 0.191 e. The SMILES string of the molecule is CCNC(=NCc1nnc(C)n1C)NC1CCCN(c2ccccc2Cl)C1.I. The van der Waals surface area contributed by atoms with E-state index in [-0.39, 0.29) is 24.0 Å². The molecule has 7 nitrogen and oxygen atoms in total. The van der Waals surface area contributed by atoms with Crippen molar-refractivity contribution in [2.24, 2.45) is 12.0 Å². The van der Waals surface area contributed by atoms with Crippen LogP contribution >= 0.6 is 35.6 Å². The molecule has 2 heterocycles. The molecule has 0 amide bonds. The van der Waals surface area contributed by atoms with Crippen molar-refractivity contribution in [2.45, 2.75) is 39.3 Å². The molecule has 1 atom stereocenters. The van der Waals surface area contributed by atoms with E-state index in [2.05, 4.69) is 38.7 Å². The minimum Gasteiger partial charge on any atom is -0.368 e. The summed E-state index contributed by atoms with van der Waals surface area (Å²) >= 11 is 6.38. The van der Waals surface area contributed by atoms with Crippen LogP contribution in [0.3, 0.4) is 0 Å². The minimum atomic E-state index is 0. The van der Waals surface area contributed by atoms with Crippen molar-refractivity contribution in [3.8, 4) is 0 Å². The van der Waals surface area contributed by atoms with E-state index in [0.29, 0.717) is 12.6 Å². The van der Waals surface area contributed by atoms with E-state index < -0.39 is 0 Å². The Morgan fingerprint density at radius 1 is 1.32 bits per heavy atom. The van der Waals surface area contributed by atoms with Gasteiger partial charge in [-0.05, 0) is 38.8 Å². The zero-order valence-corrected chi connectivity index (χ0v) is 19.7. The Balaban J connectivity index is 0.00000280. The summed E-state index contributed by atoms with van der Waals surface area (Å²) in [6.45, 7) is 7.23. The predicted octanol–water partition coefficient (Wildman–Crippen LogP) is 3.12. The highest BCUT2D eigenvalue weighted by Gasteiger charge is 2.22. The number of halogens is 2. The summed E-state index contributed by atoms with van der Waals surface area (Å²) in [5, 5.41) is 16.0. The number of aryl methyl sites for hydroxylation is 1. The number of para-hydroxylation sites is 1. The summed E-state index contributed by atoms with van der Waals surface area (Å²) in [6.07, 6.45) is 2.22. The van der Waals surface area contributed by atoms with Crippen LogP contribution in [-0.2, 0) is 13.6 Å². The molecule has 1 aromatic carbocycles. The maximum absolute atomic E-state index is 6.38. The van der Waals surface area contributed by atoms with Crippen LogP contribution in [0.1, 0.15) is 31.4 Å². The van der Waals surface area contributed by atoms with E-state index in [0.717, 1.165) is 60.8 Å². The molecular weight excluding hydrogens is 489 g/mol. The number of piperidine rings is 1. The van der Waals surface area contributed by atoms with Crippen LogP contribution in [0.4, 0.5) is 5.69 Å². The molecule has 3 rings (SSSR count). The van der Waals surface area contributed by atoms with Crippen molar-refractivity contribution in [1.29, 1.82) is 0 Å². The highest BCUT2D eigenvalue weighted by Crippen LogP contribution is 2.27. The molecule has 1 unspecified atom stereocenters. The van der Waals surface area contributed by atoms with Gasteiger partial charge in [-0.15, -0.1) is 34.2 Å². The molecule has 1 aromatic heterocycles. The predicted molar refractivity (Wildman–Crippen MR) is 126 cm³/mol. The van der Waals surface area contributed by atoms with Crippen LogP contribution in [0.2, 0.25) is 5.02 Å². The zero-order chi connectivity index (χ0) is 19.2. The van der Waals surface area contributed by atoms with E-state index in [1.54, 1.807) is 0 Å². The highest BCUT2D eigenvalue weighted by molar-refractivity contribution is 14.0. The van der Waals surface area contributed by atoms with Crippen LogP contribution in [0, 0.1) is 6.92 Å². The molecule has 154 valence electrons. The third kappa shape index (κ3) is 5.73. The zero-order valence-electron chi connectivity index (χ0n) is 16.7. The lowest BCUT2D eigenvalue weighted by atomic mass is 10.0. The summed E-state index contributed by atoms with van der Waals surface area (Å²) in [6, 6.07) is 8.35. The second-order valence-corrected chi connectivity index (χ2v) is 7.21. The second kappa shape index (κ2) is 10.8. The summed E-state index contributed by atoms with van der Waals surface area (Å²) in [5.74, 6) is 2.55. The first kappa shape index (κ1) is 22.7. The number of nitrogens with one attached hydrogen (secondary N) is 2. The number of guanidine groups is 1. The Morgan fingerprint density at radius 3 is 2.79 bits per heavy atom. The molecule has 0 radical (unpaired) electrons. The number of aliphatic imine (C=N–C) groups is 1. The molecule has 0 saturated carbocycles. The maximum atomic E-state index is 6.38. The Bertz CT molecular complexity index is 792. The molecule has 1 fully saturated rings. The lowest BCUT2D eigenvalue weighted by Crippen LogP contribution is -2.51. The van der Waals surface area contributed by atoms with Gasteiger partial charge in [0.25, 0.3) is 0 Å². The Hall–Kier alpha value is -1.55. The van der Waals surface area contributed by atoms with Crippen molar-refractivity contribution < 1.29 is 0 Å². The quantitative estimate of drug-likeness (QED) is 0.362. The van der Waals surface area contributed by atoms with Gasteiger partial charge in [0, 0.05) is 32.7 Å². The molecule has 0 aliphatic carbocycles. The van der Waals surface area contributed by atoms with Gasteiger partial charge in [-0.2, -0.15) is 0 Å². The van der Waals surface area contributed by atoms with Crippen molar-refractivity contribution in [1.82, 2.24) is 25.4 Å². The number of hydrogen-bond donors (Lipinski definition) is 2. The van der Waals surface area contributed by atoms with E-state index in [1.807, 2.05) is 36.7 Å². The van der Waals surface area contributed by atoms with Crippen molar-refractivity contribution in [2.75, 3.05) is 24.5 Å². The third-order valence-electron chi connectivity index (χ3n) is 4.86. The molecule has 2 aromatic rings. The van der Waals surface area contributed by atoms with Gasteiger partial charge < -0.3 is 20.1 Å². The monoisotopic (exact) mass is 517 g/mol. The van der Waals surface area contributed by atoms with E-state index in [4.69, 9.17) is 16.6 Å². The van der Waals surface area contributed by atoms with E-state index in [9.17, 15) is 0 Å². The largest absolute Gasteiger partial charge is 0.368 e. The smallest absolute Gasteiger partial charge is 0.191 e. The first-order valence-electron chi connectivity index (χ1n) is 9.47. The fourth-order valence-corrected chi connectivity index (χ4v) is 3.53. The average molecular weight is 518 g/mol. The summed E-state index contributed by atoms with van der Waals surface area (Å²) in [7, 11) is 1.96. The van der Waals surface area contributed by atoms with E-state index in [1.165, 1.54) is 0 Å². The van der Waals surface area contributed by atoms with Crippen molar-refractivity contribution in [3.05, 3.63) is 40.9 Å². The first-order valence-corrected chi connectivity index (χ1v) is 9.85. The number of nitrogens with zero attached hydrogens (tertiary/aromatic N) is 5. The first-order chi connectivity index (χ1) is 13.1. The van der Waals surface area contributed by atoms with Gasteiger partial charge in [0.05, 0.1) is 10.7 Å². The van der Waals surface area contributed by atoms with Crippen molar-refractivity contribution in [3.63, 3.8) is 0 Å². The molecule has 28 heavy (non-hydrogen) atoms. The molecule has 1 aliphatic heterocycles. The van der Waals surface area contributed by atoms with Gasteiger partial charge >= 0.3 is 0 Å². The third-order valence-corrected chi connectivity index (χ3v) is 5.18. The van der Waals surface area contributed by atoms with Crippen LogP contribution in [-0.4, -0.2) is 46.4 Å². The summed E-state index contributed by atoms with van der Waals surface area (Å²) < 4.78 is 1.97. The Morgan fingerprint density at radius 2 is 2.11 bits per heavy atom. The lowest BCUT2D eigenvalue weighted by molar-refractivity contribution is 0.468. The molecule has 2 N–H and O–H groups in total. The molecule has 0 bridgehead atoms. The van der Waals surface area contributed by atoms with Gasteiger partial charge in [0.1, 0.15) is 12.4 Å². The summed E-state index contributed by atoms with van der Waals surface area (Å²) in [4.78, 5) is 7.04. The fraction of sp³-hybridized carbons (Fsp3) is 0.526. The molecule has 9 heteroatoms. The van der Waals surface area contributed by atoms with Crippen LogP contribution in [0.5, 0.6) is 0 Å². The van der Waals surface area contributed by atoms with Crippen LogP contribution < -0.4 is 15.5 Å². The second-order valence-electron chi connectivity index (χ2n) is 6.80. The van der Waals surface area contributed by atoms with Gasteiger partial charge in [-0.1, -0.05) is 23.7 Å². The number of aromatic nitrogens is 3. The van der Waals surface area contributed by atoms with Crippen molar-refractivity contribution >= 4 is 47.2 Å². The normalized spacial score (nSPS) is 17.2. The molecule has 1 aliphatic rings. The molecule has 0 spiro atoms. The number of benzene rings is 1. The average Bonchev–Trinajstić information content (AvgIpc) is 2.99. The fourth-order valence-electron chi connectivity index (χ4n) is 3.27. The van der Waals surface area contributed by atoms with Crippen LogP contribution in [0.25, 0.3) is 0 Å². The van der Waals surface area contributed by atoms with Crippen LogP contribution in [0.15, 0.2) is 29.3 Å². The number of anilines is 1. The van der Waals surface area contributed by atoms with Gasteiger partial charge in [-0.25, -0.2) is 4.99 Å². The number of rotatable bonds is 5. The number of hydrogen-bond acceptors (Lipinski definition) is 4. The van der Waals surface area contributed by atoms with Gasteiger partial charge in [0.2, 0.25) is 0 Å². The highest BCUT2D eigenvalue weighted by atomic mass is 127. The molecular formula is C19H29ClIN7.